The summed E-state index contributed by atoms with van der Waals surface area (Å²) >= 11 is 0. The van der Waals surface area contributed by atoms with Gasteiger partial charge in [-0.05, 0) is 12.1 Å². The molecule has 0 unspecified atom stereocenters. The zero-order chi connectivity index (χ0) is 14.2. The molecule has 0 aliphatic carbocycles. The lowest BCUT2D eigenvalue weighted by molar-refractivity contribution is -0.384. The quantitative estimate of drug-likeness (QED) is 0.335. The topological polar surface area (TPSA) is 129 Å². The lowest BCUT2D eigenvalue weighted by Crippen LogP contribution is -2.38. The fourth-order valence-corrected chi connectivity index (χ4v) is 1.64. The van der Waals surface area contributed by atoms with Gasteiger partial charge in [-0.15, -0.1) is 12.4 Å². The number of carbonyl (C=O) groups excluding carboxylic acids is 1. The average molecular weight is 298 g/mol. The second-order valence-electron chi connectivity index (χ2n) is 3.96. The number of nitro groups is 1. The Morgan fingerprint density at radius 1 is 1.45 bits per heavy atom. The van der Waals surface area contributed by atoms with Gasteiger partial charge >= 0.3 is 0 Å². The van der Waals surface area contributed by atoms with Gasteiger partial charge in [0.15, 0.2) is 5.96 Å². The number of nitro benzene ring substituents is 1. The Balaban J connectivity index is 0.00000200. The number of hydrogen-bond acceptors (Lipinski definition) is 4. The smallest absolute Gasteiger partial charge is 0.276 e. The number of nitrogens with one attached hydrogen (secondary N) is 2. The lowest BCUT2D eigenvalue weighted by atomic mass is 10.2. The van der Waals surface area contributed by atoms with Gasteiger partial charge in [0, 0.05) is 30.1 Å². The number of nitrogens with two attached hydrogens (primary N) is 1. The first-order chi connectivity index (χ1) is 8.90. The first kappa shape index (κ1) is 15.4. The Kier molecular flexibility index (Phi) is 4.31. The molecule has 0 atom stereocenters. The SMILES string of the molecule is CN(C(=N)N)C(=O)c1cc2cc([N+](=O)[O-])ccc2[nH]1.Cl. The fourth-order valence-electron chi connectivity index (χ4n) is 1.64. The van der Waals surface area contributed by atoms with Crippen molar-refractivity contribution in [2.75, 3.05) is 7.05 Å². The Morgan fingerprint density at radius 2 is 2.10 bits per heavy atom. The molecule has 0 aliphatic rings. The number of nitrogens with zero attached hydrogens (tertiary/aromatic N) is 2. The molecule has 0 fully saturated rings. The predicted molar refractivity (Wildman–Crippen MR) is 76.2 cm³/mol. The van der Waals surface area contributed by atoms with E-state index in [0.29, 0.717) is 10.9 Å². The lowest BCUT2D eigenvalue weighted by Gasteiger charge is -2.12. The number of aromatic nitrogens is 1. The van der Waals surface area contributed by atoms with Crippen molar-refractivity contribution in [3.63, 3.8) is 0 Å². The summed E-state index contributed by atoms with van der Waals surface area (Å²) in [6.07, 6.45) is 0. The summed E-state index contributed by atoms with van der Waals surface area (Å²) in [6, 6.07) is 5.74. The van der Waals surface area contributed by atoms with E-state index in [1.807, 2.05) is 0 Å². The van der Waals surface area contributed by atoms with Crippen LogP contribution in [0, 0.1) is 15.5 Å². The highest BCUT2D eigenvalue weighted by molar-refractivity contribution is 6.05. The van der Waals surface area contributed by atoms with E-state index < -0.39 is 10.8 Å². The van der Waals surface area contributed by atoms with Crippen LogP contribution < -0.4 is 5.73 Å². The Bertz CT molecular complexity index is 696. The van der Waals surface area contributed by atoms with Gasteiger partial charge in [0.05, 0.1) is 4.92 Å². The molecule has 9 heteroatoms. The molecule has 0 radical (unpaired) electrons. The molecular weight excluding hydrogens is 286 g/mol. The van der Waals surface area contributed by atoms with Crippen molar-refractivity contribution in [3.8, 4) is 0 Å². The molecule has 4 N–H and O–H groups in total. The van der Waals surface area contributed by atoms with Crippen molar-refractivity contribution < 1.29 is 9.72 Å². The highest BCUT2D eigenvalue weighted by Crippen LogP contribution is 2.21. The van der Waals surface area contributed by atoms with E-state index in [9.17, 15) is 14.9 Å². The highest BCUT2D eigenvalue weighted by Gasteiger charge is 2.17. The Labute approximate surface area is 119 Å². The van der Waals surface area contributed by atoms with E-state index in [1.165, 1.54) is 31.3 Å². The number of carbonyl (C=O) groups is 1. The van der Waals surface area contributed by atoms with Crippen molar-refractivity contribution >= 4 is 40.9 Å². The zero-order valence-corrected chi connectivity index (χ0v) is 11.2. The first-order valence-corrected chi connectivity index (χ1v) is 5.29. The van der Waals surface area contributed by atoms with Gasteiger partial charge < -0.3 is 10.7 Å². The summed E-state index contributed by atoms with van der Waals surface area (Å²) in [7, 11) is 1.37. The van der Waals surface area contributed by atoms with E-state index >= 15 is 0 Å². The van der Waals surface area contributed by atoms with Gasteiger partial charge in [-0.3, -0.25) is 25.2 Å². The van der Waals surface area contributed by atoms with Crippen molar-refractivity contribution in [3.05, 3.63) is 40.1 Å². The van der Waals surface area contributed by atoms with Crippen LogP contribution in [0.1, 0.15) is 10.5 Å². The number of H-pyrrole nitrogens is 1. The molecule has 8 nitrogen and oxygen atoms in total. The van der Waals surface area contributed by atoms with Crippen LogP contribution in [0.25, 0.3) is 10.9 Å². The van der Waals surface area contributed by atoms with Gasteiger partial charge in [0.1, 0.15) is 5.69 Å². The predicted octanol–water partition coefficient (Wildman–Crippen LogP) is 1.46. The minimum Gasteiger partial charge on any atom is -0.370 e. The van der Waals surface area contributed by atoms with E-state index in [-0.39, 0.29) is 29.7 Å². The summed E-state index contributed by atoms with van der Waals surface area (Å²) in [6.45, 7) is 0. The molecule has 1 aromatic heterocycles. The molecule has 1 heterocycles. The molecule has 1 aromatic carbocycles. The maximum atomic E-state index is 11.9. The van der Waals surface area contributed by atoms with Crippen LogP contribution in [0.2, 0.25) is 0 Å². The normalized spacial score (nSPS) is 9.85. The number of benzene rings is 1. The summed E-state index contributed by atoms with van der Waals surface area (Å²) < 4.78 is 0. The van der Waals surface area contributed by atoms with Crippen molar-refractivity contribution in [1.82, 2.24) is 9.88 Å². The summed E-state index contributed by atoms with van der Waals surface area (Å²) in [5.41, 5.74) is 5.99. The minimum absolute atomic E-state index is 0. The molecule has 20 heavy (non-hydrogen) atoms. The monoisotopic (exact) mass is 297 g/mol. The number of aromatic amines is 1. The summed E-state index contributed by atoms with van der Waals surface area (Å²) in [5, 5.41) is 18.4. The largest absolute Gasteiger partial charge is 0.370 e. The molecule has 2 aromatic rings. The fraction of sp³-hybridized carbons (Fsp3) is 0.0909. The van der Waals surface area contributed by atoms with Crippen LogP contribution in [0.5, 0.6) is 0 Å². The third-order valence-electron chi connectivity index (χ3n) is 2.71. The third kappa shape index (κ3) is 2.69. The van der Waals surface area contributed by atoms with Gasteiger partial charge in [0.25, 0.3) is 11.6 Å². The molecule has 106 valence electrons. The van der Waals surface area contributed by atoms with Crippen LogP contribution >= 0.6 is 12.4 Å². The molecule has 1 amide bonds. The van der Waals surface area contributed by atoms with Crippen molar-refractivity contribution in [1.29, 1.82) is 5.41 Å². The maximum Gasteiger partial charge on any atom is 0.276 e. The number of fused-ring (bicyclic) bond motifs is 1. The van der Waals surface area contributed by atoms with Gasteiger partial charge in [-0.25, -0.2) is 0 Å². The zero-order valence-electron chi connectivity index (χ0n) is 10.4. The number of hydrogen-bond donors (Lipinski definition) is 3. The van der Waals surface area contributed by atoms with E-state index in [4.69, 9.17) is 11.1 Å². The van der Waals surface area contributed by atoms with Crippen LogP contribution in [-0.4, -0.2) is 33.7 Å². The van der Waals surface area contributed by atoms with Crippen LogP contribution in [0.3, 0.4) is 0 Å². The molecule has 0 saturated heterocycles. The van der Waals surface area contributed by atoms with Gasteiger partial charge in [-0.2, -0.15) is 0 Å². The second kappa shape index (κ2) is 5.57. The molecule has 0 spiro atoms. The molecule has 0 bridgehead atoms. The van der Waals surface area contributed by atoms with E-state index in [1.54, 1.807) is 0 Å². The van der Waals surface area contributed by atoms with E-state index in [0.717, 1.165) is 4.90 Å². The number of non-ortho nitro benzene ring substituents is 1. The Morgan fingerprint density at radius 3 is 2.65 bits per heavy atom. The third-order valence-corrected chi connectivity index (χ3v) is 2.71. The van der Waals surface area contributed by atoms with Gasteiger partial charge in [0.2, 0.25) is 0 Å². The molecular formula is C11H12ClN5O3. The number of guanidine groups is 1. The number of rotatable bonds is 2. The second-order valence-corrected chi connectivity index (χ2v) is 3.96. The van der Waals surface area contributed by atoms with Crippen LogP contribution in [0.15, 0.2) is 24.3 Å². The molecule has 0 saturated carbocycles. The number of amides is 1. The maximum absolute atomic E-state index is 11.9. The Hall–Kier alpha value is -2.61. The number of halogens is 1. The van der Waals surface area contributed by atoms with Crippen molar-refractivity contribution in [2.45, 2.75) is 0 Å². The first-order valence-electron chi connectivity index (χ1n) is 5.29. The molecule has 0 aliphatic heterocycles. The standard InChI is InChI=1S/C11H11N5O3.ClH/c1-15(11(12)13)10(17)9-5-6-4-7(16(18)19)2-3-8(6)14-9;/h2-5,14H,1H3,(H3,12,13);1H. The minimum atomic E-state index is -0.504. The summed E-state index contributed by atoms with van der Waals surface area (Å²) in [4.78, 5) is 25.9. The summed E-state index contributed by atoms with van der Waals surface area (Å²) in [5.74, 6) is -0.860. The van der Waals surface area contributed by atoms with Crippen molar-refractivity contribution in [2.24, 2.45) is 5.73 Å². The van der Waals surface area contributed by atoms with E-state index in [2.05, 4.69) is 4.98 Å². The highest BCUT2D eigenvalue weighted by atomic mass is 35.5. The van der Waals surface area contributed by atoms with Crippen LogP contribution in [0.4, 0.5) is 5.69 Å². The average Bonchev–Trinajstić information content (AvgIpc) is 2.79. The van der Waals surface area contributed by atoms with Gasteiger partial charge in [-0.1, -0.05) is 0 Å². The molecule has 2 rings (SSSR count). The van der Waals surface area contributed by atoms with Crippen LogP contribution in [-0.2, 0) is 0 Å².